The maximum absolute atomic E-state index is 4.18. The molecule has 0 nitrogen and oxygen atoms in total. The largest absolute Gasteiger partial charge is 0.114 e. The molecule has 0 aliphatic rings. The van der Waals surface area contributed by atoms with Crippen LogP contribution in [0.4, 0.5) is 0 Å². The van der Waals surface area contributed by atoms with E-state index in [2.05, 4.69) is 50.0 Å². The normalized spacial score (nSPS) is 11.5. The van der Waals surface area contributed by atoms with Gasteiger partial charge in [-0.2, -0.15) is 0 Å². The molecule has 0 N–H and O–H groups in total. The van der Waals surface area contributed by atoms with E-state index >= 15 is 0 Å². The number of hydrogen-bond donors (Lipinski definition) is 0. The van der Waals surface area contributed by atoms with Gasteiger partial charge in [0.25, 0.3) is 0 Å². The lowest BCUT2D eigenvalue weighted by molar-refractivity contribution is 1.39. The highest BCUT2D eigenvalue weighted by Gasteiger charge is 1.99. The second-order valence-electron chi connectivity index (χ2n) is 3.58. The molecule has 1 heteroatoms. The standard InChI is InChI=1S/C10H15P/c1-11(2,3)9-10-7-5-4-6-8-10/h4-8H,1,9H2,2-3H3. The van der Waals surface area contributed by atoms with Crippen LogP contribution in [-0.2, 0) is 6.16 Å². The van der Waals surface area contributed by atoms with E-state index in [-0.39, 0.29) is 0 Å². The highest BCUT2D eigenvalue weighted by Crippen LogP contribution is 2.39. The van der Waals surface area contributed by atoms with E-state index in [0.717, 1.165) is 6.16 Å². The van der Waals surface area contributed by atoms with Gasteiger partial charge in [0, 0.05) is 0 Å². The molecule has 0 saturated carbocycles. The Morgan fingerprint density at radius 3 is 2.18 bits per heavy atom. The summed E-state index contributed by atoms with van der Waals surface area (Å²) in [5.74, 6) is 0. The SMILES string of the molecule is C=P(C)(C)Cc1ccccc1. The van der Waals surface area contributed by atoms with E-state index < -0.39 is 6.89 Å². The zero-order valence-corrected chi connectivity index (χ0v) is 8.14. The predicted molar refractivity (Wildman–Crippen MR) is 56.0 cm³/mol. The van der Waals surface area contributed by atoms with Gasteiger partial charge in [-0.25, -0.2) is 0 Å². The molecular formula is C10H15P. The van der Waals surface area contributed by atoms with Gasteiger partial charge in [0.2, 0.25) is 0 Å². The van der Waals surface area contributed by atoms with Crippen molar-refractivity contribution in [2.24, 2.45) is 0 Å². The minimum Gasteiger partial charge on any atom is -0.114 e. The predicted octanol–water partition coefficient (Wildman–Crippen LogP) is 2.90. The summed E-state index contributed by atoms with van der Waals surface area (Å²) in [4.78, 5) is 0. The van der Waals surface area contributed by atoms with Crippen molar-refractivity contribution < 1.29 is 0 Å². The van der Waals surface area contributed by atoms with Gasteiger partial charge < -0.3 is 0 Å². The van der Waals surface area contributed by atoms with E-state index in [1.54, 1.807) is 0 Å². The summed E-state index contributed by atoms with van der Waals surface area (Å²) < 4.78 is 0. The van der Waals surface area contributed by atoms with E-state index in [1.807, 2.05) is 0 Å². The van der Waals surface area contributed by atoms with Crippen molar-refractivity contribution in [3.05, 3.63) is 35.9 Å². The van der Waals surface area contributed by atoms with Crippen molar-refractivity contribution in [2.75, 3.05) is 13.3 Å². The quantitative estimate of drug-likeness (QED) is 0.592. The van der Waals surface area contributed by atoms with Gasteiger partial charge in [-0.15, -0.1) is 13.2 Å². The van der Waals surface area contributed by atoms with Crippen LogP contribution >= 0.6 is 6.89 Å². The van der Waals surface area contributed by atoms with Crippen molar-refractivity contribution in [1.82, 2.24) is 0 Å². The average Bonchev–Trinajstić information content (AvgIpc) is 1.85. The molecule has 0 bridgehead atoms. The first kappa shape index (κ1) is 8.62. The molecule has 1 aromatic carbocycles. The molecule has 0 heterocycles. The molecule has 0 spiro atoms. The molecule has 0 radical (unpaired) electrons. The molecule has 0 aromatic heterocycles. The third-order valence-corrected chi connectivity index (χ3v) is 2.67. The molecule has 0 aliphatic heterocycles. The third-order valence-electron chi connectivity index (χ3n) is 1.45. The van der Waals surface area contributed by atoms with Crippen LogP contribution < -0.4 is 0 Å². The molecule has 1 rings (SSSR count). The maximum atomic E-state index is 4.18. The van der Waals surface area contributed by atoms with Crippen LogP contribution in [0.1, 0.15) is 5.56 Å². The van der Waals surface area contributed by atoms with Crippen LogP contribution in [0.3, 0.4) is 0 Å². The monoisotopic (exact) mass is 166 g/mol. The van der Waals surface area contributed by atoms with Gasteiger partial charge >= 0.3 is 0 Å². The Labute approximate surface area is 69.2 Å². The molecular weight excluding hydrogens is 151 g/mol. The Morgan fingerprint density at radius 2 is 1.73 bits per heavy atom. The zero-order valence-electron chi connectivity index (χ0n) is 7.25. The third kappa shape index (κ3) is 3.43. The molecule has 0 aliphatic carbocycles. The minimum atomic E-state index is -0.888. The fourth-order valence-electron chi connectivity index (χ4n) is 1.08. The van der Waals surface area contributed by atoms with Gasteiger partial charge in [0.05, 0.1) is 0 Å². The molecule has 0 amide bonds. The van der Waals surface area contributed by atoms with Crippen LogP contribution in [0.2, 0.25) is 0 Å². The summed E-state index contributed by atoms with van der Waals surface area (Å²) in [5.41, 5.74) is 1.42. The van der Waals surface area contributed by atoms with Crippen molar-refractivity contribution in [3.8, 4) is 0 Å². The summed E-state index contributed by atoms with van der Waals surface area (Å²) in [6.45, 7) is 3.64. The second-order valence-corrected chi connectivity index (χ2v) is 7.77. The van der Waals surface area contributed by atoms with Crippen LogP contribution in [-0.4, -0.2) is 19.6 Å². The van der Waals surface area contributed by atoms with E-state index in [0.29, 0.717) is 0 Å². The van der Waals surface area contributed by atoms with Gasteiger partial charge in [0.15, 0.2) is 0 Å². The number of rotatable bonds is 2. The van der Waals surface area contributed by atoms with E-state index in [9.17, 15) is 0 Å². The maximum Gasteiger partial charge on any atom is -0.00842 e. The Balaban J connectivity index is 2.74. The fourth-order valence-corrected chi connectivity index (χ4v) is 2.28. The van der Waals surface area contributed by atoms with Crippen molar-refractivity contribution in [1.29, 1.82) is 0 Å². The zero-order chi connectivity index (χ0) is 8.32. The van der Waals surface area contributed by atoms with Crippen molar-refractivity contribution in [3.63, 3.8) is 0 Å². The fraction of sp³-hybridized carbons (Fsp3) is 0.300. The number of benzene rings is 1. The summed E-state index contributed by atoms with van der Waals surface area (Å²) in [6.07, 6.45) is 5.34. The molecule has 0 saturated heterocycles. The first-order valence-electron chi connectivity index (χ1n) is 3.79. The molecule has 0 fully saturated rings. The molecule has 0 atom stereocenters. The van der Waals surface area contributed by atoms with Crippen molar-refractivity contribution >= 4 is 13.2 Å². The lowest BCUT2D eigenvalue weighted by Crippen LogP contribution is -1.84. The Kier molecular flexibility index (Phi) is 2.57. The van der Waals surface area contributed by atoms with Crippen LogP contribution in [0, 0.1) is 0 Å². The van der Waals surface area contributed by atoms with Gasteiger partial charge in [-0.05, 0) is 25.1 Å². The molecule has 1 aromatic rings. The molecule has 0 unspecified atom stereocenters. The first-order chi connectivity index (χ1) is 5.08. The average molecular weight is 166 g/mol. The van der Waals surface area contributed by atoms with Gasteiger partial charge in [-0.3, -0.25) is 0 Å². The van der Waals surface area contributed by atoms with Crippen molar-refractivity contribution in [2.45, 2.75) is 6.16 Å². The summed E-state index contributed by atoms with van der Waals surface area (Å²) >= 11 is 0. The Bertz CT molecular complexity index is 255. The highest BCUT2D eigenvalue weighted by atomic mass is 31.2. The Hall–Kier alpha value is -0.480. The van der Waals surface area contributed by atoms with E-state index in [1.165, 1.54) is 5.56 Å². The number of hydrogen-bond acceptors (Lipinski definition) is 0. The van der Waals surface area contributed by atoms with Crippen LogP contribution in [0.5, 0.6) is 0 Å². The molecule has 11 heavy (non-hydrogen) atoms. The summed E-state index contributed by atoms with van der Waals surface area (Å²) in [5, 5.41) is 0. The van der Waals surface area contributed by atoms with E-state index in [4.69, 9.17) is 0 Å². The lowest BCUT2D eigenvalue weighted by Gasteiger charge is -2.11. The second kappa shape index (κ2) is 3.28. The highest BCUT2D eigenvalue weighted by molar-refractivity contribution is 7.71. The topological polar surface area (TPSA) is 0 Å². The van der Waals surface area contributed by atoms with Gasteiger partial charge in [0.1, 0.15) is 0 Å². The van der Waals surface area contributed by atoms with Crippen LogP contribution in [0.15, 0.2) is 30.3 Å². The lowest BCUT2D eigenvalue weighted by atomic mass is 10.2. The summed E-state index contributed by atoms with van der Waals surface area (Å²) in [6, 6.07) is 10.6. The minimum absolute atomic E-state index is 0.888. The van der Waals surface area contributed by atoms with Crippen LogP contribution in [0.25, 0.3) is 0 Å². The smallest absolute Gasteiger partial charge is 0.00842 e. The van der Waals surface area contributed by atoms with Gasteiger partial charge in [-0.1, -0.05) is 30.3 Å². The molecule has 60 valence electrons. The Morgan fingerprint density at radius 1 is 1.18 bits per heavy atom. The summed E-state index contributed by atoms with van der Waals surface area (Å²) in [7, 11) is 0. The first-order valence-corrected chi connectivity index (χ1v) is 6.84.